The van der Waals surface area contributed by atoms with E-state index in [4.69, 9.17) is 9.47 Å². The summed E-state index contributed by atoms with van der Waals surface area (Å²) in [4.78, 5) is 0.254. The Morgan fingerprint density at radius 3 is 2.26 bits per heavy atom. The maximum atomic E-state index is 12.4. The molecule has 0 fully saturated rings. The van der Waals surface area contributed by atoms with E-state index in [-0.39, 0.29) is 11.4 Å². The van der Waals surface area contributed by atoms with Crippen LogP contribution in [0.1, 0.15) is 18.1 Å². The van der Waals surface area contributed by atoms with Crippen LogP contribution in [0.3, 0.4) is 0 Å². The molecule has 0 saturated carbocycles. The smallest absolute Gasteiger partial charge is 0.241 e. The number of benzene rings is 2. The summed E-state index contributed by atoms with van der Waals surface area (Å²) in [6.07, 6.45) is 0. The quantitative estimate of drug-likeness (QED) is 0.845. The topological polar surface area (TPSA) is 64.6 Å². The van der Waals surface area contributed by atoms with Crippen molar-refractivity contribution in [1.29, 1.82) is 0 Å². The first-order valence-electron chi connectivity index (χ1n) is 7.32. The summed E-state index contributed by atoms with van der Waals surface area (Å²) < 4.78 is 37.9. The van der Waals surface area contributed by atoms with Crippen LogP contribution in [0.4, 0.5) is 0 Å². The third kappa shape index (κ3) is 4.46. The Hall–Kier alpha value is -2.05. The molecule has 2 aromatic carbocycles. The molecule has 1 N–H and O–H groups in total. The van der Waals surface area contributed by atoms with Crippen LogP contribution in [-0.4, -0.2) is 22.1 Å². The summed E-state index contributed by atoms with van der Waals surface area (Å²) in [5.41, 5.74) is 1.51. The van der Waals surface area contributed by atoms with Gasteiger partial charge in [0.25, 0.3) is 0 Å². The van der Waals surface area contributed by atoms with E-state index in [2.05, 4.69) is 4.72 Å². The fourth-order valence-electron chi connectivity index (χ4n) is 2.18. The minimum atomic E-state index is -3.57. The van der Waals surface area contributed by atoms with Gasteiger partial charge in [0, 0.05) is 6.54 Å². The first kappa shape index (κ1) is 17.3. The summed E-state index contributed by atoms with van der Waals surface area (Å²) in [6, 6.07) is 12.2. The normalized spacial score (nSPS) is 11.3. The average Bonchev–Trinajstić information content (AvgIpc) is 2.54. The number of nitrogens with one attached hydrogen (secondary N) is 1. The fraction of sp³-hybridized carbons (Fsp3) is 0.294. The first-order chi connectivity index (χ1) is 11.0. The summed E-state index contributed by atoms with van der Waals surface area (Å²) in [7, 11) is -2.02. The van der Waals surface area contributed by atoms with Gasteiger partial charge in [-0.05, 0) is 55.3 Å². The van der Waals surface area contributed by atoms with Gasteiger partial charge in [-0.15, -0.1) is 0 Å². The zero-order valence-electron chi connectivity index (χ0n) is 13.5. The molecule has 0 aliphatic rings. The van der Waals surface area contributed by atoms with Crippen molar-refractivity contribution in [1.82, 2.24) is 4.72 Å². The lowest BCUT2D eigenvalue weighted by Gasteiger charge is -2.11. The molecule has 0 saturated heterocycles. The number of methoxy groups -OCH3 is 1. The van der Waals surface area contributed by atoms with Gasteiger partial charge in [0.2, 0.25) is 10.0 Å². The third-order valence-electron chi connectivity index (χ3n) is 3.37. The summed E-state index contributed by atoms with van der Waals surface area (Å²) in [5, 5.41) is 0. The van der Waals surface area contributed by atoms with Crippen molar-refractivity contribution in [2.45, 2.75) is 25.3 Å². The van der Waals surface area contributed by atoms with E-state index in [1.54, 1.807) is 32.2 Å². The molecule has 0 aliphatic heterocycles. The number of ether oxygens (including phenoxy) is 2. The maximum absolute atomic E-state index is 12.4. The molecule has 2 rings (SSSR count). The molecule has 2 aromatic rings. The molecule has 0 aliphatic carbocycles. The molecule has 0 unspecified atom stereocenters. The highest BCUT2D eigenvalue weighted by Gasteiger charge is 2.16. The van der Waals surface area contributed by atoms with Crippen molar-refractivity contribution in [2.24, 2.45) is 0 Å². The molecule has 124 valence electrons. The van der Waals surface area contributed by atoms with Gasteiger partial charge in [-0.3, -0.25) is 0 Å². The van der Waals surface area contributed by atoms with Crippen molar-refractivity contribution in [3.63, 3.8) is 0 Å². The van der Waals surface area contributed by atoms with E-state index in [1.165, 1.54) is 0 Å². The van der Waals surface area contributed by atoms with Crippen molar-refractivity contribution >= 4 is 10.0 Å². The third-order valence-corrected chi connectivity index (χ3v) is 4.93. The molecular formula is C17H21NO4S. The molecular weight excluding hydrogens is 314 g/mol. The van der Waals surface area contributed by atoms with Gasteiger partial charge in [-0.2, -0.15) is 0 Å². The second-order valence-corrected chi connectivity index (χ2v) is 6.77. The maximum Gasteiger partial charge on any atom is 0.241 e. The van der Waals surface area contributed by atoms with Crippen LogP contribution in [0.15, 0.2) is 47.4 Å². The van der Waals surface area contributed by atoms with E-state index < -0.39 is 10.0 Å². The first-order valence-corrected chi connectivity index (χ1v) is 8.80. The number of rotatable bonds is 7. The highest BCUT2D eigenvalue weighted by molar-refractivity contribution is 7.89. The van der Waals surface area contributed by atoms with Crippen molar-refractivity contribution in [3.8, 4) is 11.5 Å². The SMILES string of the molecule is CCOc1ccc(CNS(=O)(=O)c2ccc(OC)cc2C)cc1. The van der Waals surface area contributed by atoms with Crippen LogP contribution >= 0.6 is 0 Å². The Morgan fingerprint density at radius 1 is 1.04 bits per heavy atom. The van der Waals surface area contributed by atoms with E-state index in [0.29, 0.717) is 17.9 Å². The number of sulfonamides is 1. The van der Waals surface area contributed by atoms with Gasteiger partial charge in [0.15, 0.2) is 0 Å². The molecule has 0 heterocycles. The Kier molecular flexibility index (Phi) is 5.63. The molecule has 0 radical (unpaired) electrons. The molecule has 0 bridgehead atoms. The van der Waals surface area contributed by atoms with Gasteiger partial charge in [0.1, 0.15) is 11.5 Å². The van der Waals surface area contributed by atoms with Crippen LogP contribution in [0.5, 0.6) is 11.5 Å². The number of hydrogen-bond donors (Lipinski definition) is 1. The Labute approximate surface area is 137 Å². The zero-order valence-corrected chi connectivity index (χ0v) is 14.3. The van der Waals surface area contributed by atoms with Gasteiger partial charge in [-0.1, -0.05) is 12.1 Å². The van der Waals surface area contributed by atoms with E-state index in [9.17, 15) is 8.42 Å². The lowest BCUT2D eigenvalue weighted by Crippen LogP contribution is -2.24. The minimum Gasteiger partial charge on any atom is -0.497 e. The second-order valence-electron chi connectivity index (χ2n) is 5.03. The van der Waals surface area contributed by atoms with Gasteiger partial charge in [0.05, 0.1) is 18.6 Å². The van der Waals surface area contributed by atoms with Crippen molar-refractivity contribution in [2.75, 3.05) is 13.7 Å². The minimum absolute atomic E-state index is 0.222. The average molecular weight is 335 g/mol. The largest absolute Gasteiger partial charge is 0.497 e. The molecule has 23 heavy (non-hydrogen) atoms. The van der Waals surface area contributed by atoms with E-state index in [1.807, 2.05) is 31.2 Å². The monoisotopic (exact) mass is 335 g/mol. The molecule has 6 heteroatoms. The Balaban J connectivity index is 2.09. The zero-order chi connectivity index (χ0) is 16.9. The number of hydrogen-bond acceptors (Lipinski definition) is 4. The van der Waals surface area contributed by atoms with E-state index >= 15 is 0 Å². The van der Waals surface area contributed by atoms with Crippen LogP contribution < -0.4 is 14.2 Å². The van der Waals surface area contributed by atoms with Crippen LogP contribution in [0.2, 0.25) is 0 Å². The highest BCUT2D eigenvalue weighted by atomic mass is 32.2. The lowest BCUT2D eigenvalue weighted by atomic mass is 10.2. The van der Waals surface area contributed by atoms with Gasteiger partial charge in [-0.25, -0.2) is 13.1 Å². The number of aryl methyl sites for hydroxylation is 1. The van der Waals surface area contributed by atoms with Crippen molar-refractivity contribution in [3.05, 3.63) is 53.6 Å². The highest BCUT2D eigenvalue weighted by Crippen LogP contribution is 2.21. The predicted molar refractivity (Wildman–Crippen MR) is 89.4 cm³/mol. The Bertz CT molecular complexity index is 755. The van der Waals surface area contributed by atoms with Crippen LogP contribution in [-0.2, 0) is 16.6 Å². The van der Waals surface area contributed by atoms with Crippen LogP contribution in [0.25, 0.3) is 0 Å². The van der Waals surface area contributed by atoms with Crippen LogP contribution in [0, 0.1) is 6.92 Å². The molecule has 0 aromatic heterocycles. The summed E-state index contributed by atoms with van der Waals surface area (Å²) in [5.74, 6) is 1.40. The molecule has 0 amide bonds. The second kappa shape index (κ2) is 7.48. The van der Waals surface area contributed by atoms with Gasteiger partial charge >= 0.3 is 0 Å². The molecule has 0 atom stereocenters. The lowest BCUT2D eigenvalue weighted by molar-refractivity contribution is 0.340. The Morgan fingerprint density at radius 2 is 1.70 bits per heavy atom. The fourth-order valence-corrected chi connectivity index (χ4v) is 3.42. The summed E-state index contributed by atoms with van der Waals surface area (Å²) in [6.45, 7) is 4.48. The molecule has 0 spiro atoms. The standard InChI is InChI=1S/C17H21NO4S/c1-4-22-15-7-5-14(6-8-15)12-18-23(19,20)17-10-9-16(21-3)11-13(17)2/h5-11,18H,4,12H2,1-3H3. The van der Waals surface area contributed by atoms with Crippen molar-refractivity contribution < 1.29 is 17.9 Å². The molecule has 5 nitrogen and oxygen atoms in total. The van der Waals surface area contributed by atoms with E-state index in [0.717, 1.165) is 11.3 Å². The summed E-state index contributed by atoms with van der Waals surface area (Å²) >= 11 is 0. The van der Waals surface area contributed by atoms with Gasteiger partial charge < -0.3 is 9.47 Å². The predicted octanol–water partition coefficient (Wildman–Crippen LogP) is 2.88.